The van der Waals surface area contributed by atoms with Crippen LogP contribution in [-0.2, 0) is 20.3 Å². The largest absolute Gasteiger partial charge is 0.614 e. The first kappa shape index (κ1) is 15.3. The maximum atomic E-state index is 12.4. The van der Waals surface area contributed by atoms with E-state index in [1.807, 2.05) is 60.7 Å². The van der Waals surface area contributed by atoms with E-state index in [4.69, 9.17) is 4.89 Å². The molecule has 2 atom stereocenters. The van der Waals surface area contributed by atoms with E-state index in [1.54, 1.807) is 0 Å². The van der Waals surface area contributed by atoms with Crippen LogP contribution in [0, 0.1) is 0 Å². The lowest BCUT2D eigenvalue weighted by Crippen LogP contribution is -2.18. The molecule has 0 aliphatic carbocycles. The molecular weight excluding hydrogens is 295 g/mol. The first-order valence-corrected chi connectivity index (χ1v) is 8.66. The second kappa shape index (κ2) is 7.62. The van der Waals surface area contributed by atoms with Crippen LogP contribution in [0.5, 0.6) is 0 Å². The molecule has 0 saturated heterocycles. The third-order valence-corrected chi connectivity index (χ3v) is 4.79. The molecule has 6 heteroatoms. The first-order chi connectivity index (χ1) is 9.68. The van der Waals surface area contributed by atoms with Gasteiger partial charge in [0.2, 0.25) is 5.94 Å². The van der Waals surface area contributed by atoms with E-state index in [0.29, 0.717) is 0 Å². The summed E-state index contributed by atoms with van der Waals surface area (Å²) in [6, 6.07) is 18.8. The van der Waals surface area contributed by atoms with Crippen molar-refractivity contribution in [2.24, 2.45) is 0 Å². The normalized spacial score (nSPS) is 14.2. The van der Waals surface area contributed by atoms with E-state index in [2.05, 4.69) is 4.52 Å². The van der Waals surface area contributed by atoms with E-state index in [9.17, 15) is 9.12 Å². The Labute approximate surface area is 121 Å². The first-order valence-electron chi connectivity index (χ1n) is 6.01. The van der Waals surface area contributed by atoms with Crippen molar-refractivity contribution in [1.29, 1.82) is 0 Å². The molecule has 0 amide bonds. The summed E-state index contributed by atoms with van der Waals surface area (Å²) >= 11 is -1.44. The van der Waals surface area contributed by atoms with Gasteiger partial charge in [-0.15, -0.1) is 0 Å². The van der Waals surface area contributed by atoms with Crippen molar-refractivity contribution in [3.05, 3.63) is 71.8 Å². The van der Waals surface area contributed by atoms with E-state index < -0.39 is 19.4 Å². The summed E-state index contributed by atoms with van der Waals surface area (Å²) in [5.41, 5.74) is 1.77. The molecule has 2 aromatic rings. The van der Waals surface area contributed by atoms with Gasteiger partial charge in [-0.05, 0) is 11.2 Å². The van der Waals surface area contributed by atoms with Crippen LogP contribution in [0.25, 0.3) is 0 Å². The fraction of sp³-hybridized carbons (Fsp3) is 0.143. The zero-order chi connectivity index (χ0) is 14.4. The maximum absolute atomic E-state index is 12.4. The fourth-order valence-corrected chi connectivity index (χ4v) is 3.85. The number of rotatable bonds is 6. The highest BCUT2D eigenvalue weighted by Gasteiger charge is 2.27. The smallest absolute Gasteiger partial charge is 0.320 e. The van der Waals surface area contributed by atoms with Crippen LogP contribution in [0.4, 0.5) is 0 Å². The zero-order valence-corrected chi connectivity index (χ0v) is 12.5. The molecular formula is C14H15O4PS. The van der Waals surface area contributed by atoms with Crippen molar-refractivity contribution in [2.45, 2.75) is 5.25 Å². The minimum Gasteiger partial charge on any atom is -0.614 e. The molecule has 0 aromatic heterocycles. The molecule has 0 fully saturated rings. The van der Waals surface area contributed by atoms with Gasteiger partial charge in [0.05, 0.1) is 0 Å². The maximum Gasteiger partial charge on any atom is 0.320 e. The lowest BCUT2D eigenvalue weighted by molar-refractivity contribution is 0.322. The molecule has 0 spiro atoms. The lowest BCUT2D eigenvalue weighted by atomic mass is 10.0. The zero-order valence-electron chi connectivity index (χ0n) is 10.6. The van der Waals surface area contributed by atoms with Crippen molar-refractivity contribution in [2.75, 3.05) is 5.94 Å². The van der Waals surface area contributed by atoms with Crippen molar-refractivity contribution < 1.29 is 18.5 Å². The fourth-order valence-electron chi connectivity index (χ4n) is 1.93. The highest BCUT2D eigenvalue weighted by molar-refractivity contribution is 7.91. The third-order valence-electron chi connectivity index (χ3n) is 2.77. The second-order valence-electron chi connectivity index (χ2n) is 4.11. The Hall–Kier alpha value is -1.10. The highest BCUT2D eigenvalue weighted by Crippen LogP contribution is 2.32. The van der Waals surface area contributed by atoms with Crippen molar-refractivity contribution in [3.8, 4) is 0 Å². The predicted octanol–water partition coefficient (Wildman–Crippen LogP) is 2.88. The topological polar surface area (TPSA) is 69.6 Å². The van der Waals surface area contributed by atoms with E-state index in [-0.39, 0.29) is 11.2 Å². The Morgan fingerprint density at radius 3 is 1.90 bits per heavy atom. The molecule has 2 rings (SSSR count). The summed E-state index contributed by atoms with van der Waals surface area (Å²) in [5.74, 6) is -0.261. The van der Waals surface area contributed by atoms with Gasteiger partial charge in [-0.25, -0.2) is 0 Å². The van der Waals surface area contributed by atoms with Crippen molar-refractivity contribution in [3.63, 3.8) is 0 Å². The summed E-state index contributed by atoms with van der Waals surface area (Å²) in [7, 11) is -3.07. The highest BCUT2D eigenvalue weighted by atomic mass is 32.2. The van der Waals surface area contributed by atoms with Crippen LogP contribution in [0.2, 0.25) is 0 Å². The predicted molar refractivity (Wildman–Crippen MR) is 80.0 cm³/mol. The minimum atomic E-state index is -3.07. The summed E-state index contributed by atoms with van der Waals surface area (Å²) in [4.78, 5) is 8.71. The van der Waals surface area contributed by atoms with E-state index in [1.165, 1.54) is 0 Å². The molecule has 0 saturated carbocycles. The van der Waals surface area contributed by atoms with Crippen LogP contribution >= 0.6 is 8.25 Å². The molecule has 106 valence electrons. The van der Waals surface area contributed by atoms with Gasteiger partial charge in [-0.3, -0.25) is 9.09 Å². The van der Waals surface area contributed by atoms with Crippen LogP contribution in [0.15, 0.2) is 60.7 Å². The van der Waals surface area contributed by atoms with Gasteiger partial charge < -0.3 is 9.45 Å². The van der Waals surface area contributed by atoms with Gasteiger partial charge in [0.1, 0.15) is 0 Å². The second-order valence-corrected chi connectivity index (χ2v) is 6.40. The van der Waals surface area contributed by atoms with Gasteiger partial charge >= 0.3 is 8.25 Å². The van der Waals surface area contributed by atoms with Crippen LogP contribution in [0.3, 0.4) is 0 Å². The molecule has 4 nitrogen and oxygen atoms in total. The Bertz CT molecular complexity index is 510. The number of benzene rings is 2. The van der Waals surface area contributed by atoms with Gasteiger partial charge in [0, 0.05) is 11.1 Å². The summed E-state index contributed by atoms with van der Waals surface area (Å²) < 4.78 is 27.7. The quantitative estimate of drug-likeness (QED) is 0.658. The Morgan fingerprint density at radius 1 is 1.05 bits per heavy atom. The molecule has 0 radical (unpaired) electrons. The SMILES string of the molecule is O=[PH](O)OC[S@@+]([O-])C(c1ccccc1)c1ccccc1. The van der Waals surface area contributed by atoms with Gasteiger partial charge in [-0.1, -0.05) is 60.7 Å². The monoisotopic (exact) mass is 310 g/mol. The van der Waals surface area contributed by atoms with E-state index >= 15 is 0 Å². The molecule has 1 N–H and O–H groups in total. The molecule has 0 aliphatic rings. The summed E-state index contributed by atoms with van der Waals surface area (Å²) in [6.07, 6.45) is 0. The average Bonchev–Trinajstić information content (AvgIpc) is 2.48. The Balaban J connectivity index is 2.27. The van der Waals surface area contributed by atoms with Crippen LogP contribution in [0.1, 0.15) is 16.4 Å². The molecule has 0 bridgehead atoms. The van der Waals surface area contributed by atoms with Crippen LogP contribution in [-0.4, -0.2) is 15.4 Å². The van der Waals surface area contributed by atoms with Gasteiger partial charge in [0.15, 0.2) is 5.25 Å². The average molecular weight is 310 g/mol. The Morgan fingerprint density at radius 2 is 1.50 bits per heavy atom. The Kier molecular flexibility index (Phi) is 5.83. The molecule has 0 aliphatic heterocycles. The third kappa shape index (κ3) is 4.20. The lowest BCUT2D eigenvalue weighted by Gasteiger charge is -2.21. The minimum absolute atomic E-state index is 0.261. The molecule has 0 heterocycles. The molecule has 1 unspecified atom stereocenters. The number of hydrogen-bond acceptors (Lipinski definition) is 3. The summed E-state index contributed by atoms with van der Waals surface area (Å²) in [6.45, 7) is 0. The molecule has 20 heavy (non-hydrogen) atoms. The molecule has 2 aromatic carbocycles. The standard InChI is InChI=1S/C14H15O4PS/c15-19(16)18-11-20(17)14(12-7-3-1-4-8-12)13-9-5-2-6-10-13/h1-10,14,19H,11H2,(H,15,16)/t20-/m1/s1. The summed E-state index contributed by atoms with van der Waals surface area (Å²) in [5, 5.41) is -0.376. The van der Waals surface area contributed by atoms with E-state index in [0.717, 1.165) is 11.1 Å². The number of hydrogen-bond donors (Lipinski definition) is 1. The van der Waals surface area contributed by atoms with Gasteiger partial charge in [0.25, 0.3) is 0 Å². The van der Waals surface area contributed by atoms with Crippen molar-refractivity contribution >= 4 is 19.4 Å². The van der Waals surface area contributed by atoms with Crippen molar-refractivity contribution in [1.82, 2.24) is 0 Å². The van der Waals surface area contributed by atoms with Crippen LogP contribution < -0.4 is 0 Å². The van der Waals surface area contributed by atoms with Gasteiger partial charge in [-0.2, -0.15) is 0 Å².